The minimum absolute atomic E-state index is 0.340. The summed E-state index contributed by atoms with van der Waals surface area (Å²) in [4.78, 5) is 0. The van der Waals surface area contributed by atoms with Crippen molar-refractivity contribution in [2.45, 2.75) is 31.8 Å². The summed E-state index contributed by atoms with van der Waals surface area (Å²) in [6.07, 6.45) is 3.52. The summed E-state index contributed by atoms with van der Waals surface area (Å²) in [6.45, 7) is 2.52. The van der Waals surface area contributed by atoms with Crippen LogP contribution in [-0.2, 0) is 15.9 Å². The van der Waals surface area contributed by atoms with Crippen molar-refractivity contribution in [3.8, 4) is 5.75 Å². The van der Waals surface area contributed by atoms with Gasteiger partial charge in [-0.25, -0.2) is 0 Å². The summed E-state index contributed by atoms with van der Waals surface area (Å²) in [6, 6.07) is 6.00. The molecular formula is C16H24O4. The smallest absolute Gasteiger partial charge is 0.119 e. The molecule has 4 heteroatoms. The molecule has 2 rings (SSSR count). The molecule has 4 nitrogen and oxygen atoms in total. The molecule has 1 atom stereocenters. The average Bonchev–Trinajstić information content (AvgIpc) is 2.47. The van der Waals surface area contributed by atoms with Gasteiger partial charge in [-0.1, -0.05) is 6.07 Å². The van der Waals surface area contributed by atoms with E-state index in [1.807, 2.05) is 12.1 Å². The summed E-state index contributed by atoms with van der Waals surface area (Å²) in [5.74, 6) is 0.810. The van der Waals surface area contributed by atoms with Crippen molar-refractivity contribution in [3.63, 3.8) is 0 Å². The molecule has 0 heterocycles. The zero-order valence-electron chi connectivity index (χ0n) is 12.1. The predicted octanol–water partition coefficient (Wildman–Crippen LogP) is 2.49. The Balaban J connectivity index is 1.72. The molecule has 1 aromatic rings. The predicted molar refractivity (Wildman–Crippen MR) is 77.1 cm³/mol. The number of aliphatic hydroxyl groups is 1. The molecular weight excluding hydrogens is 256 g/mol. The van der Waals surface area contributed by atoms with Gasteiger partial charge in [0.15, 0.2) is 0 Å². The molecule has 0 aliphatic heterocycles. The quantitative estimate of drug-likeness (QED) is 0.743. The lowest BCUT2D eigenvalue weighted by Crippen LogP contribution is -2.11. The maximum atomic E-state index is 9.99. The molecule has 0 amide bonds. The van der Waals surface area contributed by atoms with Crippen LogP contribution in [0.15, 0.2) is 18.2 Å². The Morgan fingerprint density at radius 1 is 1.20 bits per heavy atom. The first kappa shape index (κ1) is 15.3. The molecule has 0 spiro atoms. The van der Waals surface area contributed by atoms with Gasteiger partial charge in [-0.05, 0) is 48.9 Å². The molecule has 1 N–H and O–H groups in total. The lowest BCUT2D eigenvalue weighted by molar-refractivity contribution is 0.0805. The summed E-state index contributed by atoms with van der Waals surface area (Å²) in [5.41, 5.74) is 2.27. The van der Waals surface area contributed by atoms with Crippen LogP contribution in [0.5, 0.6) is 5.75 Å². The van der Waals surface area contributed by atoms with E-state index in [4.69, 9.17) is 14.2 Å². The number of rotatable bonds is 8. The second kappa shape index (κ2) is 8.25. The van der Waals surface area contributed by atoms with Gasteiger partial charge < -0.3 is 19.3 Å². The highest BCUT2D eigenvalue weighted by molar-refractivity contribution is 5.38. The highest BCUT2D eigenvalue weighted by Crippen LogP contribution is 2.32. The molecule has 0 aromatic heterocycles. The summed E-state index contributed by atoms with van der Waals surface area (Å²) in [7, 11) is 1.69. The first-order chi connectivity index (χ1) is 9.81. The van der Waals surface area contributed by atoms with Gasteiger partial charge >= 0.3 is 0 Å². The van der Waals surface area contributed by atoms with Gasteiger partial charge in [-0.15, -0.1) is 0 Å². The van der Waals surface area contributed by atoms with Crippen molar-refractivity contribution in [3.05, 3.63) is 29.3 Å². The van der Waals surface area contributed by atoms with Crippen LogP contribution in [0.4, 0.5) is 0 Å². The second-order valence-corrected chi connectivity index (χ2v) is 5.08. The third-order valence-corrected chi connectivity index (χ3v) is 3.53. The van der Waals surface area contributed by atoms with Crippen molar-refractivity contribution < 1.29 is 19.3 Å². The van der Waals surface area contributed by atoms with Crippen molar-refractivity contribution in [2.24, 2.45) is 0 Å². The summed E-state index contributed by atoms with van der Waals surface area (Å²) < 4.78 is 16.0. The Kier molecular flexibility index (Phi) is 6.30. The highest BCUT2D eigenvalue weighted by Gasteiger charge is 2.18. The Labute approximate surface area is 120 Å². The maximum absolute atomic E-state index is 9.99. The Morgan fingerprint density at radius 3 is 2.95 bits per heavy atom. The van der Waals surface area contributed by atoms with Gasteiger partial charge in [0.2, 0.25) is 0 Å². The zero-order chi connectivity index (χ0) is 14.2. The van der Waals surface area contributed by atoms with Gasteiger partial charge in [-0.2, -0.15) is 0 Å². The monoisotopic (exact) mass is 280 g/mol. The molecule has 0 radical (unpaired) electrons. The molecule has 112 valence electrons. The fourth-order valence-corrected chi connectivity index (χ4v) is 2.47. The fraction of sp³-hybridized carbons (Fsp3) is 0.625. The molecule has 1 aliphatic rings. The normalized spacial score (nSPS) is 17.8. The molecule has 0 fully saturated rings. The van der Waals surface area contributed by atoms with E-state index in [-0.39, 0.29) is 6.10 Å². The maximum Gasteiger partial charge on any atom is 0.119 e. The van der Waals surface area contributed by atoms with Crippen LogP contribution in [0.2, 0.25) is 0 Å². The van der Waals surface area contributed by atoms with Crippen molar-refractivity contribution in [2.75, 3.05) is 33.5 Å². The fourth-order valence-electron chi connectivity index (χ4n) is 2.47. The lowest BCUT2D eigenvalue weighted by Gasteiger charge is -2.22. The van der Waals surface area contributed by atoms with Crippen molar-refractivity contribution in [1.29, 1.82) is 0 Å². The van der Waals surface area contributed by atoms with E-state index in [2.05, 4.69) is 6.07 Å². The first-order valence-electron chi connectivity index (χ1n) is 7.31. The first-order valence-corrected chi connectivity index (χ1v) is 7.31. The van der Waals surface area contributed by atoms with Gasteiger partial charge in [0.25, 0.3) is 0 Å². The third-order valence-electron chi connectivity index (χ3n) is 3.53. The number of hydrogen-bond acceptors (Lipinski definition) is 4. The van der Waals surface area contributed by atoms with E-state index in [0.717, 1.165) is 43.6 Å². The number of hydrogen-bond donors (Lipinski definition) is 1. The Hall–Kier alpha value is -1.10. The van der Waals surface area contributed by atoms with Crippen molar-refractivity contribution in [1.82, 2.24) is 0 Å². The van der Waals surface area contributed by atoms with E-state index in [0.29, 0.717) is 19.8 Å². The minimum Gasteiger partial charge on any atom is -0.491 e. The average molecular weight is 280 g/mol. The number of ether oxygens (including phenoxy) is 3. The van der Waals surface area contributed by atoms with E-state index in [1.54, 1.807) is 7.11 Å². The number of aliphatic hydroxyl groups excluding tert-OH is 1. The molecule has 0 unspecified atom stereocenters. The zero-order valence-corrected chi connectivity index (χ0v) is 12.1. The third kappa shape index (κ3) is 4.47. The minimum atomic E-state index is -0.340. The van der Waals surface area contributed by atoms with Crippen LogP contribution in [-0.4, -0.2) is 38.6 Å². The van der Waals surface area contributed by atoms with Crippen molar-refractivity contribution >= 4 is 0 Å². The number of benzene rings is 1. The number of methoxy groups -OCH3 is 1. The second-order valence-electron chi connectivity index (χ2n) is 5.08. The summed E-state index contributed by atoms with van der Waals surface area (Å²) in [5, 5.41) is 9.99. The van der Waals surface area contributed by atoms with E-state index in [9.17, 15) is 5.11 Å². The van der Waals surface area contributed by atoms with Crippen LogP contribution in [0.25, 0.3) is 0 Å². The van der Waals surface area contributed by atoms with E-state index >= 15 is 0 Å². The largest absolute Gasteiger partial charge is 0.491 e. The molecule has 20 heavy (non-hydrogen) atoms. The molecule has 1 aromatic carbocycles. The van der Waals surface area contributed by atoms with Gasteiger partial charge in [0.05, 0.1) is 12.7 Å². The standard InChI is InChI=1S/C16H24O4/c1-18-8-3-9-19-10-11-20-14-7-6-13-4-2-5-16(17)15(13)12-14/h6-7,12,16-17H,2-5,8-11H2,1H3/t16-/m0/s1. The van der Waals surface area contributed by atoms with Crippen LogP contribution in [0.1, 0.15) is 36.5 Å². The number of fused-ring (bicyclic) bond motifs is 1. The molecule has 0 saturated heterocycles. The van der Waals surface area contributed by atoms with E-state index < -0.39 is 0 Å². The van der Waals surface area contributed by atoms with Crippen LogP contribution in [0.3, 0.4) is 0 Å². The van der Waals surface area contributed by atoms with E-state index in [1.165, 1.54) is 5.56 Å². The SMILES string of the molecule is COCCCOCCOc1ccc2c(c1)[C@@H](O)CCC2. The van der Waals surface area contributed by atoms with Gasteiger partial charge in [0, 0.05) is 20.3 Å². The van der Waals surface area contributed by atoms with Gasteiger partial charge in [0.1, 0.15) is 12.4 Å². The van der Waals surface area contributed by atoms with Gasteiger partial charge in [-0.3, -0.25) is 0 Å². The molecule has 0 bridgehead atoms. The topological polar surface area (TPSA) is 47.9 Å². The number of aryl methyl sites for hydroxylation is 1. The molecule has 0 saturated carbocycles. The Bertz CT molecular complexity index is 405. The Morgan fingerprint density at radius 2 is 2.10 bits per heavy atom. The lowest BCUT2D eigenvalue weighted by atomic mass is 9.89. The summed E-state index contributed by atoms with van der Waals surface area (Å²) >= 11 is 0. The van der Waals surface area contributed by atoms with Crippen LogP contribution in [0, 0.1) is 0 Å². The van der Waals surface area contributed by atoms with Crippen LogP contribution >= 0.6 is 0 Å². The molecule has 1 aliphatic carbocycles. The van der Waals surface area contributed by atoms with Crippen LogP contribution < -0.4 is 4.74 Å². The highest BCUT2D eigenvalue weighted by atomic mass is 16.5.